The highest BCUT2D eigenvalue weighted by molar-refractivity contribution is 5.82. The third kappa shape index (κ3) is 3.95. The lowest BCUT2D eigenvalue weighted by Gasteiger charge is -2.40. The van der Waals surface area contributed by atoms with Crippen molar-refractivity contribution in [3.8, 4) is 0 Å². The number of hydrogen-bond acceptors (Lipinski definition) is 3. The van der Waals surface area contributed by atoms with E-state index in [4.69, 9.17) is 0 Å². The second kappa shape index (κ2) is 7.07. The summed E-state index contributed by atoms with van der Waals surface area (Å²) in [4.78, 5) is 25.6. The summed E-state index contributed by atoms with van der Waals surface area (Å²) in [7, 11) is 0. The van der Waals surface area contributed by atoms with Crippen LogP contribution in [0, 0.1) is 5.41 Å². The summed E-state index contributed by atoms with van der Waals surface area (Å²) in [6.45, 7) is 8.99. The van der Waals surface area contributed by atoms with Crippen LogP contribution in [0.15, 0.2) is 0 Å². The maximum atomic E-state index is 12.3. The number of nitrogens with one attached hydrogen (secondary N) is 1. The Bertz CT molecular complexity index is 355. The maximum absolute atomic E-state index is 12.3. The minimum Gasteiger partial charge on any atom is -0.481 e. The zero-order chi connectivity index (χ0) is 15.3. The molecule has 0 aliphatic carbocycles. The van der Waals surface area contributed by atoms with Gasteiger partial charge >= 0.3 is 5.97 Å². The van der Waals surface area contributed by atoms with Crippen molar-refractivity contribution in [3.05, 3.63) is 0 Å². The van der Waals surface area contributed by atoms with Crippen molar-refractivity contribution >= 4 is 11.9 Å². The third-order valence-electron chi connectivity index (χ3n) is 4.50. The predicted molar refractivity (Wildman–Crippen MR) is 78.5 cm³/mol. The molecule has 1 fully saturated rings. The molecule has 1 amide bonds. The minimum atomic E-state index is -0.769. The van der Waals surface area contributed by atoms with Gasteiger partial charge in [-0.25, -0.2) is 0 Å². The molecular formula is C15H28N2O3. The van der Waals surface area contributed by atoms with Crippen LogP contribution in [-0.2, 0) is 9.59 Å². The lowest BCUT2D eigenvalue weighted by Crippen LogP contribution is -2.54. The van der Waals surface area contributed by atoms with Crippen LogP contribution < -0.4 is 5.32 Å². The fraction of sp³-hybridized carbons (Fsp3) is 0.867. The Hall–Kier alpha value is -1.10. The van der Waals surface area contributed by atoms with Crippen LogP contribution in [-0.4, -0.2) is 47.1 Å². The molecule has 5 heteroatoms. The predicted octanol–water partition coefficient (Wildman–Crippen LogP) is 1.87. The van der Waals surface area contributed by atoms with E-state index < -0.39 is 11.4 Å². The van der Waals surface area contributed by atoms with E-state index in [0.29, 0.717) is 13.0 Å². The van der Waals surface area contributed by atoms with Gasteiger partial charge in [0.2, 0.25) is 5.91 Å². The van der Waals surface area contributed by atoms with Crippen LogP contribution in [0.5, 0.6) is 0 Å². The molecule has 2 unspecified atom stereocenters. The van der Waals surface area contributed by atoms with E-state index in [9.17, 15) is 14.7 Å². The molecule has 116 valence electrons. The van der Waals surface area contributed by atoms with Crippen LogP contribution in [0.25, 0.3) is 0 Å². The molecule has 0 bridgehead atoms. The number of piperidine rings is 1. The molecule has 20 heavy (non-hydrogen) atoms. The van der Waals surface area contributed by atoms with Crippen molar-refractivity contribution in [1.29, 1.82) is 0 Å². The topological polar surface area (TPSA) is 69.6 Å². The van der Waals surface area contributed by atoms with Crippen molar-refractivity contribution in [2.75, 3.05) is 13.1 Å². The van der Waals surface area contributed by atoms with E-state index >= 15 is 0 Å². The first kappa shape index (κ1) is 17.0. The van der Waals surface area contributed by atoms with Crippen LogP contribution in [0.4, 0.5) is 0 Å². The fourth-order valence-electron chi connectivity index (χ4n) is 2.76. The maximum Gasteiger partial charge on any atom is 0.310 e. The monoisotopic (exact) mass is 284 g/mol. The van der Waals surface area contributed by atoms with Crippen LogP contribution in [0.2, 0.25) is 0 Å². The smallest absolute Gasteiger partial charge is 0.310 e. The van der Waals surface area contributed by atoms with Gasteiger partial charge in [-0.05, 0) is 46.1 Å². The van der Waals surface area contributed by atoms with E-state index in [-0.39, 0.29) is 18.0 Å². The molecule has 2 N–H and O–H groups in total. The first-order chi connectivity index (χ1) is 9.34. The third-order valence-corrected chi connectivity index (χ3v) is 4.50. The standard InChI is InChI=1S/C15H28N2O3/c1-5-12(6-2)16-13(18)11(3)17-9-7-8-15(4,10-17)14(19)20/h11-12H,5-10H2,1-4H3,(H,16,18)(H,19,20). The Kier molecular flexibility index (Phi) is 5.99. The highest BCUT2D eigenvalue weighted by Crippen LogP contribution is 2.30. The molecule has 0 aromatic carbocycles. The Morgan fingerprint density at radius 2 is 1.95 bits per heavy atom. The average molecular weight is 284 g/mol. The summed E-state index contributed by atoms with van der Waals surface area (Å²) in [5.74, 6) is -0.761. The highest BCUT2D eigenvalue weighted by atomic mass is 16.4. The summed E-state index contributed by atoms with van der Waals surface area (Å²) in [6, 6.07) is -0.0600. The van der Waals surface area contributed by atoms with E-state index in [0.717, 1.165) is 25.8 Å². The molecule has 1 rings (SSSR count). The fourth-order valence-corrected chi connectivity index (χ4v) is 2.76. The average Bonchev–Trinajstić information content (AvgIpc) is 2.43. The second-order valence-electron chi connectivity index (χ2n) is 6.14. The number of hydrogen-bond donors (Lipinski definition) is 2. The first-order valence-electron chi connectivity index (χ1n) is 7.62. The van der Waals surface area contributed by atoms with Gasteiger partial charge in [-0.3, -0.25) is 14.5 Å². The molecule has 2 atom stereocenters. The number of amides is 1. The SMILES string of the molecule is CCC(CC)NC(=O)C(C)N1CCCC(C)(C(=O)O)C1. The lowest BCUT2D eigenvalue weighted by atomic mass is 9.81. The number of carboxylic acid groups (broad SMARTS) is 1. The zero-order valence-corrected chi connectivity index (χ0v) is 13.1. The largest absolute Gasteiger partial charge is 0.481 e. The molecule has 0 aromatic heterocycles. The molecule has 0 radical (unpaired) electrons. The summed E-state index contributed by atoms with van der Waals surface area (Å²) in [5, 5.41) is 12.4. The van der Waals surface area contributed by atoms with Gasteiger partial charge in [-0.1, -0.05) is 13.8 Å². The van der Waals surface area contributed by atoms with Gasteiger partial charge in [-0.15, -0.1) is 0 Å². The number of aliphatic carboxylic acids is 1. The van der Waals surface area contributed by atoms with Crippen LogP contribution in [0.3, 0.4) is 0 Å². The van der Waals surface area contributed by atoms with Gasteiger partial charge in [0.1, 0.15) is 0 Å². The summed E-state index contributed by atoms with van der Waals surface area (Å²) in [6.07, 6.45) is 3.34. The molecule has 0 spiro atoms. The quantitative estimate of drug-likeness (QED) is 0.781. The van der Waals surface area contributed by atoms with Crippen molar-refractivity contribution in [3.63, 3.8) is 0 Å². The molecule has 0 aromatic rings. The minimum absolute atomic E-state index is 0.00772. The first-order valence-corrected chi connectivity index (χ1v) is 7.62. The van der Waals surface area contributed by atoms with Crippen molar-refractivity contribution < 1.29 is 14.7 Å². The van der Waals surface area contributed by atoms with E-state index in [1.165, 1.54) is 0 Å². The van der Waals surface area contributed by atoms with Gasteiger partial charge in [-0.2, -0.15) is 0 Å². The molecule has 1 aliphatic heterocycles. The van der Waals surface area contributed by atoms with Crippen molar-refractivity contribution in [1.82, 2.24) is 10.2 Å². The van der Waals surface area contributed by atoms with Gasteiger partial charge in [0.15, 0.2) is 0 Å². The van der Waals surface area contributed by atoms with Gasteiger partial charge in [0.05, 0.1) is 11.5 Å². The Morgan fingerprint density at radius 1 is 1.35 bits per heavy atom. The van der Waals surface area contributed by atoms with E-state index in [2.05, 4.69) is 19.2 Å². The second-order valence-corrected chi connectivity index (χ2v) is 6.14. The molecule has 1 saturated heterocycles. The lowest BCUT2D eigenvalue weighted by molar-refractivity contribution is -0.152. The van der Waals surface area contributed by atoms with Crippen LogP contribution >= 0.6 is 0 Å². The van der Waals surface area contributed by atoms with Gasteiger partial charge < -0.3 is 10.4 Å². The number of carbonyl (C=O) groups is 2. The van der Waals surface area contributed by atoms with E-state index in [1.54, 1.807) is 6.92 Å². The Labute approximate surface area is 121 Å². The number of carboxylic acids is 1. The molecule has 1 heterocycles. The molecular weight excluding hydrogens is 256 g/mol. The normalized spacial score (nSPS) is 25.4. The number of nitrogens with zero attached hydrogens (tertiary/aromatic N) is 1. The number of rotatable bonds is 6. The summed E-state index contributed by atoms with van der Waals surface area (Å²) < 4.78 is 0. The van der Waals surface area contributed by atoms with Crippen molar-refractivity contribution in [2.45, 2.75) is 65.5 Å². The van der Waals surface area contributed by atoms with Crippen LogP contribution in [0.1, 0.15) is 53.4 Å². The summed E-state index contributed by atoms with van der Waals surface area (Å²) in [5.41, 5.74) is -0.734. The van der Waals surface area contributed by atoms with E-state index in [1.807, 2.05) is 11.8 Å². The molecule has 1 aliphatic rings. The molecule has 0 saturated carbocycles. The Balaban J connectivity index is 2.64. The van der Waals surface area contributed by atoms with Gasteiger partial charge in [0, 0.05) is 12.6 Å². The van der Waals surface area contributed by atoms with Crippen molar-refractivity contribution in [2.24, 2.45) is 5.41 Å². The highest BCUT2D eigenvalue weighted by Gasteiger charge is 2.40. The molecule has 5 nitrogen and oxygen atoms in total. The summed E-state index contributed by atoms with van der Waals surface area (Å²) >= 11 is 0. The zero-order valence-electron chi connectivity index (χ0n) is 13.1. The van der Waals surface area contributed by atoms with Gasteiger partial charge in [0.25, 0.3) is 0 Å². The Morgan fingerprint density at radius 3 is 2.45 bits per heavy atom. The number of likely N-dealkylation sites (tertiary alicyclic amines) is 1. The number of carbonyl (C=O) groups excluding carboxylic acids is 1.